The van der Waals surface area contributed by atoms with Crippen molar-refractivity contribution in [2.75, 3.05) is 20.3 Å². The molecular formula is C14H19NO3. The molecule has 0 aliphatic heterocycles. The van der Waals surface area contributed by atoms with E-state index in [-0.39, 0.29) is 0 Å². The van der Waals surface area contributed by atoms with Crippen LogP contribution in [0.3, 0.4) is 0 Å². The maximum absolute atomic E-state index is 10.8. The number of nitrogens with zero attached hydrogens (tertiary/aromatic N) is 1. The number of ether oxygens (including phenoxy) is 1. The first-order valence-electron chi connectivity index (χ1n) is 6.26. The lowest BCUT2D eigenvalue weighted by Gasteiger charge is -2.21. The van der Waals surface area contributed by atoms with E-state index in [9.17, 15) is 4.79 Å². The van der Waals surface area contributed by atoms with Gasteiger partial charge in [-0.2, -0.15) is 0 Å². The number of rotatable bonds is 7. The SMILES string of the molecule is COCCN(Cc1ccc(C(=O)O)cc1)C1CC1. The number of hydrogen-bond acceptors (Lipinski definition) is 3. The van der Waals surface area contributed by atoms with Gasteiger partial charge in [0, 0.05) is 26.2 Å². The van der Waals surface area contributed by atoms with E-state index < -0.39 is 5.97 Å². The molecule has 0 aromatic heterocycles. The molecule has 18 heavy (non-hydrogen) atoms. The van der Waals surface area contributed by atoms with E-state index in [1.54, 1.807) is 19.2 Å². The van der Waals surface area contributed by atoms with Gasteiger partial charge < -0.3 is 9.84 Å². The summed E-state index contributed by atoms with van der Waals surface area (Å²) >= 11 is 0. The predicted octanol–water partition coefficient (Wildman–Crippen LogP) is 2.00. The van der Waals surface area contributed by atoms with Crippen LogP contribution in [0.5, 0.6) is 0 Å². The van der Waals surface area contributed by atoms with Crippen molar-refractivity contribution in [1.82, 2.24) is 4.90 Å². The Morgan fingerprint density at radius 2 is 2.06 bits per heavy atom. The average Bonchev–Trinajstić information content (AvgIpc) is 3.19. The van der Waals surface area contributed by atoms with Gasteiger partial charge in [0.15, 0.2) is 0 Å². The molecule has 1 saturated carbocycles. The van der Waals surface area contributed by atoms with Gasteiger partial charge in [0.1, 0.15) is 0 Å². The maximum atomic E-state index is 10.8. The highest BCUT2D eigenvalue weighted by Crippen LogP contribution is 2.28. The monoisotopic (exact) mass is 249 g/mol. The van der Waals surface area contributed by atoms with Gasteiger partial charge in [-0.25, -0.2) is 4.79 Å². The van der Waals surface area contributed by atoms with Crippen LogP contribution < -0.4 is 0 Å². The van der Waals surface area contributed by atoms with Gasteiger partial charge in [-0.1, -0.05) is 12.1 Å². The molecule has 0 unspecified atom stereocenters. The van der Waals surface area contributed by atoms with Crippen LogP contribution in [0, 0.1) is 0 Å². The minimum absolute atomic E-state index is 0.341. The van der Waals surface area contributed by atoms with Crippen molar-refractivity contribution in [3.8, 4) is 0 Å². The van der Waals surface area contributed by atoms with Crippen molar-refractivity contribution in [3.63, 3.8) is 0 Å². The quantitative estimate of drug-likeness (QED) is 0.803. The summed E-state index contributed by atoms with van der Waals surface area (Å²) in [6.07, 6.45) is 2.52. The molecule has 1 aromatic rings. The third kappa shape index (κ3) is 3.55. The summed E-state index contributed by atoms with van der Waals surface area (Å²) < 4.78 is 5.12. The topological polar surface area (TPSA) is 49.8 Å². The van der Waals surface area contributed by atoms with Crippen molar-refractivity contribution in [1.29, 1.82) is 0 Å². The molecule has 0 atom stereocenters. The van der Waals surface area contributed by atoms with E-state index in [1.165, 1.54) is 12.8 Å². The second kappa shape index (κ2) is 5.98. The van der Waals surface area contributed by atoms with Gasteiger partial charge >= 0.3 is 5.97 Å². The fourth-order valence-corrected chi connectivity index (χ4v) is 2.03. The molecule has 4 nitrogen and oxygen atoms in total. The molecule has 2 rings (SSSR count). The van der Waals surface area contributed by atoms with Gasteiger partial charge in [-0.05, 0) is 30.5 Å². The highest BCUT2D eigenvalue weighted by atomic mass is 16.5. The van der Waals surface area contributed by atoms with Crippen LogP contribution in [0.1, 0.15) is 28.8 Å². The molecule has 0 radical (unpaired) electrons. The third-order valence-corrected chi connectivity index (χ3v) is 3.23. The lowest BCUT2D eigenvalue weighted by atomic mass is 10.1. The molecule has 1 aromatic carbocycles. The Labute approximate surface area is 107 Å². The van der Waals surface area contributed by atoms with Crippen LogP contribution in [0.15, 0.2) is 24.3 Å². The lowest BCUT2D eigenvalue weighted by molar-refractivity contribution is 0.0697. The Kier molecular flexibility index (Phi) is 4.33. The standard InChI is InChI=1S/C14H19NO3/c1-18-9-8-15(13-6-7-13)10-11-2-4-12(5-3-11)14(16)17/h2-5,13H,6-10H2,1H3,(H,16,17). The van der Waals surface area contributed by atoms with Crippen molar-refractivity contribution >= 4 is 5.97 Å². The number of carboxylic acid groups (broad SMARTS) is 1. The van der Waals surface area contributed by atoms with E-state index in [4.69, 9.17) is 9.84 Å². The van der Waals surface area contributed by atoms with Gasteiger partial charge in [0.25, 0.3) is 0 Å². The predicted molar refractivity (Wildman–Crippen MR) is 68.7 cm³/mol. The summed E-state index contributed by atoms with van der Waals surface area (Å²) in [4.78, 5) is 13.2. The zero-order valence-electron chi connectivity index (χ0n) is 10.6. The minimum atomic E-state index is -0.875. The van der Waals surface area contributed by atoms with Gasteiger partial charge in [-0.3, -0.25) is 4.90 Å². The Hall–Kier alpha value is -1.39. The first-order valence-corrected chi connectivity index (χ1v) is 6.26. The Morgan fingerprint density at radius 3 is 2.56 bits per heavy atom. The lowest BCUT2D eigenvalue weighted by Crippen LogP contribution is -2.29. The summed E-state index contributed by atoms with van der Waals surface area (Å²) in [5, 5.41) is 8.85. The highest BCUT2D eigenvalue weighted by molar-refractivity contribution is 5.87. The summed E-state index contributed by atoms with van der Waals surface area (Å²) in [5.41, 5.74) is 1.50. The minimum Gasteiger partial charge on any atom is -0.478 e. The molecule has 1 N–H and O–H groups in total. The van der Waals surface area contributed by atoms with Crippen LogP contribution in [-0.4, -0.2) is 42.3 Å². The first-order chi connectivity index (χ1) is 8.70. The van der Waals surface area contributed by atoms with E-state index in [2.05, 4.69) is 4.90 Å². The van der Waals surface area contributed by atoms with Crippen LogP contribution in [0.25, 0.3) is 0 Å². The smallest absolute Gasteiger partial charge is 0.335 e. The molecule has 1 aliphatic rings. The van der Waals surface area contributed by atoms with E-state index in [0.717, 1.165) is 25.3 Å². The summed E-state index contributed by atoms with van der Waals surface area (Å²) in [6.45, 7) is 2.54. The molecule has 0 bridgehead atoms. The van der Waals surface area contributed by atoms with Crippen LogP contribution in [0.4, 0.5) is 0 Å². The number of benzene rings is 1. The molecule has 1 aliphatic carbocycles. The summed E-state index contributed by atoms with van der Waals surface area (Å²) in [6, 6.07) is 7.80. The molecule has 0 heterocycles. The number of aromatic carboxylic acids is 1. The second-order valence-corrected chi connectivity index (χ2v) is 4.70. The number of hydrogen-bond donors (Lipinski definition) is 1. The second-order valence-electron chi connectivity index (χ2n) is 4.70. The summed E-state index contributed by atoms with van der Waals surface area (Å²) in [7, 11) is 1.72. The number of methoxy groups -OCH3 is 1. The molecule has 98 valence electrons. The average molecular weight is 249 g/mol. The van der Waals surface area contributed by atoms with Crippen LogP contribution >= 0.6 is 0 Å². The number of carboxylic acids is 1. The van der Waals surface area contributed by atoms with Crippen molar-refractivity contribution < 1.29 is 14.6 Å². The fraction of sp³-hybridized carbons (Fsp3) is 0.500. The van der Waals surface area contributed by atoms with E-state index in [0.29, 0.717) is 11.6 Å². The van der Waals surface area contributed by atoms with Crippen molar-refractivity contribution in [2.24, 2.45) is 0 Å². The van der Waals surface area contributed by atoms with Crippen molar-refractivity contribution in [2.45, 2.75) is 25.4 Å². The molecular weight excluding hydrogens is 230 g/mol. The Bertz CT molecular complexity index is 398. The van der Waals surface area contributed by atoms with Gasteiger partial charge in [-0.15, -0.1) is 0 Å². The van der Waals surface area contributed by atoms with Crippen LogP contribution in [0.2, 0.25) is 0 Å². The van der Waals surface area contributed by atoms with E-state index in [1.807, 2.05) is 12.1 Å². The summed E-state index contributed by atoms with van der Waals surface area (Å²) in [5.74, 6) is -0.875. The van der Waals surface area contributed by atoms with Gasteiger partial charge in [0.2, 0.25) is 0 Å². The molecule has 1 fully saturated rings. The highest BCUT2D eigenvalue weighted by Gasteiger charge is 2.28. The van der Waals surface area contributed by atoms with Crippen LogP contribution in [-0.2, 0) is 11.3 Å². The Balaban J connectivity index is 1.95. The molecule has 0 amide bonds. The maximum Gasteiger partial charge on any atom is 0.335 e. The third-order valence-electron chi connectivity index (χ3n) is 3.23. The van der Waals surface area contributed by atoms with E-state index >= 15 is 0 Å². The molecule has 0 spiro atoms. The normalized spacial score (nSPS) is 15.0. The van der Waals surface area contributed by atoms with Gasteiger partial charge in [0.05, 0.1) is 12.2 Å². The zero-order chi connectivity index (χ0) is 13.0. The first kappa shape index (κ1) is 13.1. The largest absolute Gasteiger partial charge is 0.478 e. The Morgan fingerprint density at radius 1 is 1.39 bits per heavy atom. The van der Waals surface area contributed by atoms with Crippen molar-refractivity contribution in [3.05, 3.63) is 35.4 Å². The fourth-order valence-electron chi connectivity index (χ4n) is 2.03. The molecule has 0 saturated heterocycles. The number of carbonyl (C=O) groups is 1. The zero-order valence-corrected chi connectivity index (χ0v) is 10.6. The molecule has 4 heteroatoms.